The molecule has 0 radical (unpaired) electrons. The van der Waals surface area contributed by atoms with E-state index in [0.717, 1.165) is 0 Å². The Kier molecular flexibility index (Phi) is 3.54. The number of benzene rings is 1. The van der Waals surface area contributed by atoms with Gasteiger partial charge in [-0.15, -0.1) is 0 Å². The molecule has 6 heteroatoms. The second kappa shape index (κ2) is 4.96. The number of rotatable bonds is 4. The number of ether oxygens (including phenoxy) is 1. The van der Waals surface area contributed by atoms with E-state index in [4.69, 9.17) is 22.1 Å². The van der Waals surface area contributed by atoms with Crippen molar-refractivity contribution in [2.45, 2.75) is 12.0 Å². The number of carbonyl (C=O) groups excluding carboxylic acids is 2. The van der Waals surface area contributed by atoms with Crippen molar-refractivity contribution in [2.75, 3.05) is 13.2 Å². The molecule has 1 aromatic rings. The second-order valence-electron chi connectivity index (χ2n) is 4.38. The van der Waals surface area contributed by atoms with E-state index >= 15 is 0 Å². The number of amides is 2. The van der Waals surface area contributed by atoms with Gasteiger partial charge in [-0.3, -0.25) is 9.59 Å². The lowest BCUT2D eigenvalue weighted by Crippen LogP contribution is -2.63. The van der Waals surface area contributed by atoms with Crippen molar-refractivity contribution >= 4 is 23.4 Å². The number of primary amides is 1. The fraction of sp³-hybridized carbons (Fsp3) is 0.333. The molecular formula is C12H13ClN2O3. The first-order valence-electron chi connectivity index (χ1n) is 5.45. The average molecular weight is 269 g/mol. The highest BCUT2D eigenvalue weighted by Gasteiger charge is 2.41. The number of carbonyl (C=O) groups is 2. The van der Waals surface area contributed by atoms with E-state index in [9.17, 15) is 9.59 Å². The van der Waals surface area contributed by atoms with Crippen molar-refractivity contribution in [2.24, 2.45) is 5.73 Å². The van der Waals surface area contributed by atoms with Crippen LogP contribution in [0.5, 0.6) is 0 Å². The van der Waals surface area contributed by atoms with Gasteiger partial charge in [-0.25, -0.2) is 0 Å². The van der Waals surface area contributed by atoms with E-state index in [-0.39, 0.29) is 12.3 Å². The highest BCUT2D eigenvalue weighted by molar-refractivity contribution is 6.30. The van der Waals surface area contributed by atoms with E-state index in [1.54, 1.807) is 24.3 Å². The van der Waals surface area contributed by atoms with Crippen LogP contribution >= 0.6 is 11.6 Å². The maximum absolute atomic E-state index is 12.0. The number of nitrogens with one attached hydrogen (secondary N) is 1. The largest absolute Gasteiger partial charge is 0.376 e. The summed E-state index contributed by atoms with van der Waals surface area (Å²) in [6, 6.07) is 6.59. The molecule has 0 bridgehead atoms. The van der Waals surface area contributed by atoms with Crippen LogP contribution in [-0.4, -0.2) is 30.6 Å². The first-order chi connectivity index (χ1) is 8.51. The summed E-state index contributed by atoms with van der Waals surface area (Å²) in [5.74, 6) is -0.758. The fourth-order valence-corrected chi connectivity index (χ4v) is 2.03. The van der Waals surface area contributed by atoms with Gasteiger partial charge < -0.3 is 15.8 Å². The number of nitrogens with two attached hydrogens (primary N) is 1. The van der Waals surface area contributed by atoms with Crippen LogP contribution in [0.15, 0.2) is 24.3 Å². The Labute approximate surface area is 109 Å². The van der Waals surface area contributed by atoms with Gasteiger partial charge in [0, 0.05) is 10.6 Å². The molecule has 0 unspecified atom stereocenters. The Morgan fingerprint density at radius 2 is 2.17 bits per heavy atom. The SMILES string of the molecule is NC(=O)CC1(NC(=O)c2cccc(Cl)c2)COC1. The summed E-state index contributed by atoms with van der Waals surface area (Å²) >= 11 is 5.81. The lowest BCUT2D eigenvalue weighted by Gasteiger charge is -2.41. The Hall–Kier alpha value is -1.59. The van der Waals surface area contributed by atoms with Gasteiger partial charge >= 0.3 is 0 Å². The van der Waals surface area contributed by atoms with Crippen molar-refractivity contribution in [1.82, 2.24) is 5.32 Å². The number of halogens is 1. The molecule has 0 saturated carbocycles. The zero-order chi connectivity index (χ0) is 13.2. The van der Waals surface area contributed by atoms with Crippen LogP contribution in [0.2, 0.25) is 5.02 Å². The number of hydrogen-bond acceptors (Lipinski definition) is 3. The molecule has 1 saturated heterocycles. The third kappa shape index (κ3) is 2.80. The van der Waals surface area contributed by atoms with Crippen molar-refractivity contribution < 1.29 is 14.3 Å². The van der Waals surface area contributed by atoms with Gasteiger partial charge in [0.1, 0.15) is 0 Å². The lowest BCUT2D eigenvalue weighted by molar-refractivity contribution is -0.127. The van der Waals surface area contributed by atoms with Crippen LogP contribution < -0.4 is 11.1 Å². The lowest BCUT2D eigenvalue weighted by atomic mass is 9.92. The molecule has 0 atom stereocenters. The Morgan fingerprint density at radius 1 is 1.44 bits per heavy atom. The molecule has 0 aliphatic carbocycles. The molecule has 1 aliphatic rings. The van der Waals surface area contributed by atoms with E-state index in [0.29, 0.717) is 23.8 Å². The third-order valence-electron chi connectivity index (χ3n) is 2.73. The highest BCUT2D eigenvalue weighted by atomic mass is 35.5. The van der Waals surface area contributed by atoms with Crippen LogP contribution in [0.1, 0.15) is 16.8 Å². The Morgan fingerprint density at radius 3 is 2.67 bits per heavy atom. The molecule has 1 aromatic carbocycles. The molecule has 1 fully saturated rings. The topological polar surface area (TPSA) is 81.4 Å². The van der Waals surface area contributed by atoms with Crippen molar-refractivity contribution in [3.8, 4) is 0 Å². The van der Waals surface area contributed by atoms with E-state index in [2.05, 4.69) is 5.32 Å². The molecular weight excluding hydrogens is 256 g/mol. The molecule has 1 heterocycles. The van der Waals surface area contributed by atoms with Crippen LogP contribution in [0.3, 0.4) is 0 Å². The molecule has 0 spiro atoms. The summed E-state index contributed by atoms with van der Waals surface area (Å²) < 4.78 is 5.05. The summed E-state index contributed by atoms with van der Waals surface area (Å²) in [6.45, 7) is 0.588. The van der Waals surface area contributed by atoms with Gasteiger partial charge in [-0.2, -0.15) is 0 Å². The van der Waals surface area contributed by atoms with Crippen molar-refractivity contribution in [3.05, 3.63) is 34.9 Å². The summed E-state index contributed by atoms with van der Waals surface area (Å²) in [5.41, 5.74) is 4.93. The quantitative estimate of drug-likeness (QED) is 0.844. The predicted octanol–water partition coefficient (Wildman–Crippen LogP) is 0.714. The molecule has 3 N–H and O–H groups in total. The van der Waals surface area contributed by atoms with Crippen LogP contribution in [0.4, 0.5) is 0 Å². The standard InChI is InChI=1S/C12H13ClN2O3/c13-9-3-1-2-8(4-9)11(17)15-12(5-10(14)16)6-18-7-12/h1-4H,5-7H2,(H2,14,16)(H,15,17). The third-order valence-corrected chi connectivity index (χ3v) is 2.97. The van der Waals surface area contributed by atoms with Gasteiger partial charge in [-0.05, 0) is 18.2 Å². The normalized spacial score (nSPS) is 16.7. The van der Waals surface area contributed by atoms with Gasteiger partial charge in [0.2, 0.25) is 5.91 Å². The second-order valence-corrected chi connectivity index (χ2v) is 4.82. The van der Waals surface area contributed by atoms with Gasteiger partial charge in [0.25, 0.3) is 5.91 Å². The zero-order valence-corrected chi connectivity index (χ0v) is 10.4. The van der Waals surface area contributed by atoms with Gasteiger partial charge in [0.15, 0.2) is 0 Å². The van der Waals surface area contributed by atoms with Crippen molar-refractivity contribution in [3.63, 3.8) is 0 Å². The van der Waals surface area contributed by atoms with Gasteiger partial charge in [-0.1, -0.05) is 17.7 Å². The van der Waals surface area contributed by atoms with Crippen LogP contribution in [0, 0.1) is 0 Å². The first kappa shape index (κ1) is 12.9. The number of hydrogen-bond donors (Lipinski definition) is 2. The average Bonchev–Trinajstić information content (AvgIpc) is 2.25. The summed E-state index contributed by atoms with van der Waals surface area (Å²) in [6.07, 6.45) is 0.0688. The smallest absolute Gasteiger partial charge is 0.251 e. The first-order valence-corrected chi connectivity index (χ1v) is 5.83. The van der Waals surface area contributed by atoms with Gasteiger partial charge in [0.05, 0.1) is 25.2 Å². The van der Waals surface area contributed by atoms with E-state index < -0.39 is 11.4 Å². The Bertz CT molecular complexity index is 486. The molecule has 0 aromatic heterocycles. The molecule has 1 aliphatic heterocycles. The minimum atomic E-state index is -0.675. The molecule has 2 rings (SSSR count). The van der Waals surface area contributed by atoms with Crippen LogP contribution in [-0.2, 0) is 9.53 Å². The molecule has 18 heavy (non-hydrogen) atoms. The zero-order valence-electron chi connectivity index (χ0n) is 9.61. The van der Waals surface area contributed by atoms with E-state index in [1.807, 2.05) is 0 Å². The summed E-state index contributed by atoms with van der Waals surface area (Å²) in [5, 5.41) is 3.26. The fourth-order valence-electron chi connectivity index (χ4n) is 1.84. The summed E-state index contributed by atoms with van der Waals surface area (Å²) in [7, 11) is 0. The van der Waals surface area contributed by atoms with Crippen molar-refractivity contribution in [1.29, 1.82) is 0 Å². The molecule has 96 valence electrons. The van der Waals surface area contributed by atoms with E-state index in [1.165, 1.54) is 0 Å². The molecule has 5 nitrogen and oxygen atoms in total. The predicted molar refractivity (Wildman–Crippen MR) is 66.3 cm³/mol. The minimum Gasteiger partial charge on any atom is -0.376 e. The maximum Gasteiger partial charge on any atom is 0.251 e. The monoisotopic (exact) mass is 268 g/mol. The minimum absolute atomic E-state index is 0.0688. The summed E-state index contributed by atoms with van der Waals surface area (Å²) in [4.78, 5) is 23.0. The molecule has 2 amide bonds. The highest BCUT2D eigenvalue weighted by Crippen LogP contribution is 2.22. The maximum atomic E-state index is 12.0. The van der Waals surface area contributed by atoms with Crippen LogP contribution in [0.25, 0.3) is 0 Å². The Balaban J connectivity index is 2.08.